The Hall–Kier alpha value is -2.50. The van der Waals surface area contributed by atoms with Crippen LogP contribution >= 0.6 is 0 Å². The predicted octanol–water partition coefficient (Wildman–Crippen LogP) is 4.83. The average Bonchev–Trinajstić information content (AvgIpc) is 3.06. The molecule has 174 valence electrons. The van der Waals surface area contributed by atoms with Crippen molar-refractivity contribution in [2.45, 2.75) is 71.9 Å². The SMILES string of the molecule is CCCOc1ccc(C2C3=C(OC4CCC(C)CC4C3=O)C(=O)N2CCC)cc1OCC. The summed E-state index contributed by atoms with van der Waals surface area (Å²) in [4.78, 5) is 28.9. The summed E-state index contributed by atoms with van der Waals surface area (Å²) in [5.74, 6) is 1.86. The highest BCUT2D eigenvalue weighted by Crippen LogP contribution is 2.48. The van der Waals surface area contributed by atoms with Gasteiger partial charge in [-0.15, -0.1) is 0 Å². The van der Waals surface area contributed by atoms with E-state index in [2.05, 4.69) is 13.8 Å². The lowest BCUT2D eigenvalue weighted by atomic mass is 9.74. The van der Waals surface area contributed by atoms with Gasteiger partial charge in [-0.2, -0.15) is 0 Å². The summed E-state index contributed by atoms with van der Waals surface area (Å²) in [7, 11) is 0. The lowest BCUT2D eigenvalue weighted by molar-refractivity contribution is -0.136. The van der Waals surface area contributed by atoms with E-state index in [0.29, 0.717) is 42.7 Å². The Morgan fingerprint density at radius 3 is 2.59 bits per heavy atom. The maximum atomic E-state index is 13.7. The molecule has 1 saturated carbocycles. The highest BCUT2D eigenvalue weighted by atomic mass is 16.5. The first-order valence-corrected chi connectivity index (χ1v) is 12.2. The Balaban J connectivity index is 1.75. The van der Waals surface area contributed by atoms with E-state index in [-0.39, 0.29) is 29.5 Å². The zero-order chi connectivity index (χ0) is 22.8. The Kier molecular flexibility index (Phi) is 6.77. The largest absolute Gasteiger partial charge is 0.490 e. The van der Waals surface area contributed by atoms with Crippen LogP contribution in [0.15, 0.2) is 29.5 Å². The van der Waals surface area contributed by atoms with Crippen LogP contribution in [0.3, 0.4) is 0 Å². The number of benzene rings is 1. The topological polar surface area (TPSA) is 65.1 Å². The minimum atomic E-state index is -0.442. The molecule has 1 aromatic rings. The van der Waals surface area contributed by atoms with E-state index >= 15 is 0 Å². The monoisotopic (exact) mass is 441 g/mol. The summed E-state index contributed by atoms with van der Waals surface area (Å²) in [6.07, 6.45) is 4.22. The molecule has 2 aliphatic heterocycles. The van der Waals surface area contributed by atoms with Gasteiger partial charge in [0.05, 0.1) is 30.7 Å². The molecule has 1 aromatic carbocycles. The minimum Gasteiger partial charge on any atom is -0.490 e. The van der Waals surface area contributed by atoms with Crippen LogP contribution in [0.4, 0.5) is 0 Å². The second-order valence-corrected chi connectivity index (χ2v) is 9.18. The van der Waals surface area contributed by atoms with Crippen LogP contribution in [-0.2, 0) is 14.3 Å². The fourth-order valence-corrected chi connectivity index (χ4v) is 5.24. The third kappa shape index (κ3) is 4.00. The smallest absolute Gasteiger partial charge is 0.290 e. The van der Waals surface area contributed by atoms with Crippen molar-refractivity contribution in [2.24, 2.45) is 11.8 Å². The lowest BCUT2D eigenvalue weighted by Crippen LogP contribution is -2.41. The summed E-state index contributed by atoms with van der Waals surface area (Å²) in [6.45, 7) is 9.90. The number of amides is 1. The van der Waals surface area contributed by atoms with Crippen molar-refractivity contribution in [3.05, 3.63) is 35.1 Å². The minimum absolute atomic E-state index is 0.0871. The maximum Gasteiger partial charge on any atom is 0.290 e. The Morgan fingerprint density at radius 1 is 1.06 bits per heavy atom. The summed E-state index contributed by atoms with van der Waals surface area (Å²) >= 11 is 0. The van der Waals surface area contributed by atoms with Crippen molar-refractivity contribution in [1.82, 2.24) is 4.90 Å². The van der Waals surface area contributed by atoms with Gasteiger partial charge in [-0.25, -0.2) is 0 Å². The number of ether oxygens (including phenoxy) is 3. The van der Waals surface area contributed by atoms with Gasteiger partial charge in [0.1, 0.15) is 6.10 Å². The molecule has 2 heterocycles. The van der Waals surface area contributed by atoms with Gasteiger partial charge in [0.25, 0.3) is 5.91 Å². The molecule has 0 spiro atoms. The van der Waals surface area contributed by atoms with Crippen molar-refractivity contribution >= 4 is 11.7 Å². The van der Waals surface area contributed by atoms with Crippen LogP contribution < -0.4 is 9.47 Å². The molecule has 0 radical (unpaired) electrons. The summed E-state index contributed by atoms with van der Waals surface area (Å²) in [5.41, 5.74) is 1.40. The van der Waals surface area contributed by atoms with Crippen LogP contribution in [0.1, 0.15) is 71.4 Å². The number of ketones is 1. The molecule has 4 atom stereocenters. The number of carbonyl (C=O) groups excluding carboxylic acids is 2. The second-order valence-electron chi connectivity index (χ2n) is 9.18. The van der Waals surface area contributed by atoms with E-state index in [1.54, 1.807) is 4.90 Å². The van der Waals surface area contributed by atoms with Crippen LogP contribution in [0.5, 0.6) is 11.5 Å². The molecule has 4 unspecified atom stereocenters. The molecular weight excluding hydrogens is 406 g/mol. The Bertz CT molecular complexity index is 907. The van der Waals surface area contributed by atoms with Crippen LogP contribution in [0.2, 0.25) is 0 Å². The molecule has 4 rings (SSSR count). The van der Waals surface area contributed by atoms with Crippen LogP contribution in [0, 0.1) is 11.8 Å². The van der Waals surface area contributed by atoms with Crippen molar-refractivity contribution in [1.29, 1.82) is 0 Å². The van der Waals surface area contributed by atoms with Crippen LogP contribution in [-0.4, -0.2) is 42.5 Å². The van der Waals surface area contributed by atoms with Gasteiger partial charge in [-0.3, -0.25) is 9.59 Å². The normalized spacial score (nSPS) is 27.2. The number of nitrogens with zero attached hydrogens (tertiary/aromatic N) is 1. The van der Waals surface area contributed by atoms with Gasteiger partial charge in [0.2, 0.25) is 0 Å². The van der Waals surface area contributed by atoms with Gasteiger partial charge in [-0.1, -0.05) is 26.8 Å². The molecule has 6 heteroatoms. The molecule has 1 aliphatic carbocycles. The van der Waals surface area contributed by atoms with E-state index in [1.807, 2.05) is 32.0 Å². The molecule has 0 saturated heterocycles. The van der Waals surface area contributed by atoms with Gasteiger partial charge < -0.3 is 19.1 Å². The fourth-order valence-electron chi connectivity index (χ4n) is 5.24. The summed E-state index contributed by atoms with van der Waals surface area (Å²) in [5, 5.41) is 0. The van der Waals surface area contributed by atoms with Gasteiger partial charge >= 0.3 is 0 Å². The number of carbonyl (C=O) groups is 2. The predicted molar refractivity (Wildman–Crippen MR) is 122 cm³/mol. The number of hydrogen-bond donors (Lipinski definition) is 0. The number of fused-ring (bicyclic) bond motifs is 1. The molecule has 6 nitrogen and oxygen atoms in total. The second kappa shape index (κ2) is 9.55. The Morgan fingerprint density at radius 2 is 1.88 bits per heavy atom. The van der Waals surface area contributed by atoms with Gasteiger partial charge in [0, 0.05) is 6.54 Å². The van der Waals surface area contributed by atoms with Crippen molar-refractivity contribution in [3.63, 3.8) is 0 Å². The molecule has 1 amide bonds. The molecule has 3 aliphatic rings. The number of rotatable bonds is 8. The van der Waals surface area contributed by atoms with E-state index in [4.69, 9.17) is 14.2 Å². The molecule has 32 heavy (non-hydrogen) atoms. The Labute approximate surface area is 190 Å². The lowest BCUT2D eigenvalue weighted by Gasteiger charge is -2.37. The summed E-state index contributed by atoms with van der Waals surface area (Å²) < 4.78 is 18.0. The molecule has 1 fully saturated rings. The molecule has 0 N–H and O–H groups in total. The zero-order valence-corrected chi connectivity index (χ0v) is 19.7. The number of hydrogen-bond acceptors (Lipinski definition) is 5. The maximum absolute atomic E-state index is 13.7. The van der Waals surface area contributed by atoms with Crippen molar-refractivity contribution in [3.8, 4) is 11.5 Å². The van der Waals surface area contributed by atoms with Gasteiger partial charge in [0.15, 0.2) is 23.0 Å². The third-order valence-corrected chi connectivity index (χ3v) is 6.71. The van der Waals surface area contributed by atoms with Crippen molar-refractivity contribution < 1.29 is 23.8 Å². The molecule has 0 bridgehead atoms. The standard InChI is InChI=1S/C26H35NO5/c1-5-12-27-23(17-9-11-20(31-13-6-2)21(15-17)30-7-3)22-24(28)18-14-16(4)8-10-19(18)32-25(22)26(27)29/h9,11,15-16,18-19,23H,5-8,10,12-14H2,1-4H3. The summed E-state index contributed by atoms with van der Waals surface area (Å²) in [6, 6.07) is 5.33. The number of Topliss-reactive ketones (excluding diaryl/α,β-unsaturated/α-hetero) is 1. The molecular formula is C26H35NO5. The highest BCUT2D eigenvalue weighted by Gasteiger charge is 2.52. The van der Waals surface area contributed by atoms with Gasteiger partial charge in [-0.05, 0) is 62.6 Å². The highest BCUT2D eigenvalue weighted by molar-refractivity contribution is 6.11. The zero-order valence-electron chi connectivity index (χ0n) is 19.7. The quantitative estimate of drug-likeness (QED) is 0.578. The van der Waals surface area contributed by atoms with E-state index < -0.39 is 6.04 Å². The van der Waals surface area contributed by atoms with Crippen molar-refractivity contribution in [2.75, 3.05) is 19.8 Å². The van der Waals surface area contributed by atoms with Crippen LogP contribution in [0.25, 0.3) is 0 Å². The van der Waals surface area contributed by atoms with E-state index in [0.717, 1.165) is 37.7 Å². The average molecular weight is 442 g/mol. The fraction of sp³-hybridized carbons (Fsp3) is 0.615. The van der Waals surface area contributed by atoms with E-state index in [9.17, 15) is 9.59 Å². The van der Waals surface area contributed by atoms with E-state index in [1.165, 1.54) is 0 Å². The molecule has 0 aromatic heterocycles. The first-order valence-electron chi connectivity index (χ1n) is 12.2. The first kappa shape index (κ1) is 22.7. The third-order valence-electron chi connectivity index (χ3n) is 6.71. The first-order chi connectivity index (χ1) is 15.5.